The van der Waals surface area contributed by atoms with Crippen LogP contribution in [0.4, 0.5) is 4.39 Å². The number of hydrogen-bond acceptors (Lipinski definition) is 3. The third-order valence-corrected chi connectivity index (χ3v) is 6.79. The number of carbonyl (C=O) groups is 2. The molecule has 7 heteroatoms. The second kappa shape index (κ2) is 8.99. The Kier molecular flexibility index (Phi) is 6.87. The summed E-state index contributed by atoms with van der Waals surface area (Å²) in [4.78, 5) is 27.4. The molecule has 1 heterocycles. The van der Waals surface area contributed by atoms with Gasteiger partial charge in [-0.1, -0.05) is 49.7 Å². The van der Waals surface area contributed by atoms with Gasteiger partial charge in [0.15, 0.2) is 0 Å². The summed E-state index contributed by atoms with van der Waals surface area (Å²) in [6.45, 7) is 8.13. The van der Waals surface area contributed by atoms with Gasteiger partial charge in [0.25, 0.3) is 5.91 Å². The van der Waals surface area contributed by atoms with Gasteiger partial charge in [0.05, 0.1) is 10.6 Å². The molecule has 174 valence electrons. The van der Waals surface area contributed by atoms with E-state index in [-0.39, 0.29) is 23.3 Å². The van der Waals surface area contributed by atoms with Crippen molar-refractivity contribution in [1.82, 2.24) is 10.2 Å². The second-order valence-corrected chi connectivity index (χ2v) is 10.5. The maximum Gasteiger partial charge on any atom is 0.251 e. The molecule has 3 rings (SSSR count). The number of aliphatic hydroxyl groups is 1. The monoisotopic (exact) mass is 462 g/mol. The van der Waals surface area contributed by atoms with E-state index in [4.69, 9.17) is 11.6 Å². The first-order valence-electron chi connectivity index (χ1n) is 11.0. The molecule has 2 N–H and O–H groups in total. The van der Waals surface area contributed by atoms with Gasteiger partial charge in [0.1, 0.15) is 5.82 Å². The summed E-state index contributed by atoms with van der Waals surface area (Å²) < 4.78 is 13.6. The van der Waals surface area contributed by atoms with E-state index in [0.717, 1.165) is 12.8 Å². The van der Waals surface area contributed by atoms with Crippen LogP contribution in [0.2, 0.25) is 5.02 Å². The Morgan fingerprint density at radius 3 is 2.59 bits per heavy atom. The molecule has 0 radical (unpaired) electrons. The average molecular weight is 463 g/mol. The highest BCUT2D eigenvalue weighted by Gasteiger charge is 2.50. The SMILES string of the molecule is CC(C)(CC(=O)N1CCC(O)(c2ccc(F)c(Cl)c2)C(C)(C)C1)NC(=O)C1=CCCC=C1. The number of likely N-dealkylation sites (tertiary alicyclic amines) is 1. The molecule has 1 aromatic carbocycles. The maximum atomic E-state index is 13.6. The number of rotatable bonds is 5. The van der Waals surface area contributed by atoms with E-state index in [0.29, 0.717) is 30.6 Å². The zero-order chi connectivity index (χ0) is 23.7. The number of benzene rings is 1. The van der Waals surface area contributed by atoms with Crippen molar-refractivity contribution in [1.29, 1.82) is 0 Å². The van der Waals surface area contributed by atoms with Crippen LogP contribution in [0.1, 0.15) is 58.9 Å². The first kappa shape index (κ1) is 24.5. The molecule has 1 aromatic rings. The van der Waals surface area contributed by atoms with Crippen molar-refractivity contribution in [2.45, 2.75) is 64.5 Å². The van der Waals surface area contributed by atoms with Crippen LogP contribution in [0.15, 0.2) is 42.0 Å². The van der Waals surface area contributed by atoms with E-state index >= 15 is 0 Å². The van der Waals surface area contributed by atoms with E-state index in [1.807, 2.05) is 45.9 Å². The Labute approximate surface area is 194 Å². The second-order valence-electron chi connectivity index (χ2n) is 10.1. The number of piperidine rings is 1. The van der Waals surface area contributed by atoms with Gasteiger partial charge in [0.2, 0.25) is 5.91 Å². The average Bonchev–Trinajstić information content (AvgIpc) is 2.71. The maximum absolute atomic E-state index is 13.6. The van der Waals surface area contributed by atoms with Crippen molar-refractivity contribution < 1.29 is 19.1 Å². The molecule has 2 amide bonds. The number of nitrogens with one attached hydrogen (secondary N) is 1. The van der Waals surface area contributed by atoms with E-state index < -0.39 is 22.4 Å². The molecule has 0 saturated carbocycles. The van der Waals surface area contributed by atoms with Gasteiger partial charge in [-0.2, -0.15) is 0 Å². The van der Waals surface area contributed by atoms with Crippen LogP contribution in [-0.4, -0.2) is 40.4 Å². The van der Waals surface area contributed by atoms with Crippen molar-refractivity contribution in [3.63, 3.8) is 0 Å². The minimum Gasteiger partial charge on any atom is -0.384 e. The summed E-state index contributed by atoms with van der Waals surface area (Å²) in [5, 5.41) is 14.4. The summed E-state index contributed by atoms with van der Waals surface area (Å²) in [5.74, 6) is -0.802. The van der Waals surface area contributed by atoms with Crippen LogP contribution in [0, 0.1) is 11.2 Å². The van der Waals surface area contributed by atoms with Crippen LogP contribution in [-0.2, 0) is 15.2 Å². The Bertz CT molecular complexity index is 970. The topological polar surface area (TPSA) is 69.6 Å². The molecule has 5 nitrogen and oxygen atoms in total. The van der Waals surface area contributed by atoms with Crippen molar-refractivity contribution in [3.05, 3.63) is 58.4 Å². The molecule has 0 bridgehead atoms. The Hall–Kier alpha value is -2.18. The summed E-state index contributed by atoms with van der Waals surface area (Å²) in [5.41, 5.74) is -1.48. The molecular weight excluding hydrogens is 431 g/mol. The third-order valence-electron chi connectivity index (χ3n) is 6.50. The van der Waals surface area contributed by atoms with Gasteiger partial charge in [-0.15, -0.1) is 0 Å². The fourth-order valence-electron chi connectivity index (χ4n) is 4.52. The summed E-state index contributed by atoms with van der Waals surface area (Å²) in [6, 6.07) is 4.27. The fraction of sp³-hybridized carbons (Fsp3) is 0.520. The van der Waals surface area contributed by atoms with E-state index in [9.17, 15) is 19.1 Å². The predicted molar refractivity (Wildman–Crippen MR) is 124 cm³/mol. The van der Waals surface area contributed by atoms with Crippen LogP contribution in [0.25, 0.3) is 0 Å². The van der Waals surface area contributed by atoms with Gasteiger partial charge < -0.3 is 15.3 Å². The molecule has 1 unspecified atom stereocenters. The minimum atomic E-state index is -1.25. The molecule has 1 atom stereocenters. The largest absolute Gasteiger partial charge is 0.384 e. The first-order chi connectivity index (χ1) is 14.8. The number of halogens is 2. The molecule has 1 aliphatic heterocycles. The molecule has 2 aliphatic rings. The number of hydrogen-bond donors (Lipinski definition) is 2. The van der Waals surface area contributed by atoms with Gasteiger partial charge in [-0.3, -0.25) is 9.59 Å². The van der Waals surface area contributed by atoms with Gasteiger partial charge in [-0.25, -0.2) is 4.39 Å². The highest BCUT2D eigenvalue weighted by Crippen LogP contribution is 2.46. The lowest BCUT2D eigenvalue weighted by atomic mass is 9.66. The Morgan fingerprint density at radius 1 is 1.28 bits per heavy atom. The normalized spacial score (nSPS) is 23.0. The molecule has 1 aliphatic carbocycles. The summed E-state index contributed by atoms with van der Waals surface area (Å²) in [7, 11) is 0. The van der Waals surface area contributed by atoms with E-state index in [1.54, 1.807) is 11.0 Å². The van der Waals surface area contributed by atoms with Crippen LogP contribution in [0.5, 0.6) is 0 Å². The highest BCUT2D eigenvalue weighted by molar-refractivity contribution is 6.30. The lowest BCUT2D eigenvalue weighted by Gasteiger charge is -2.51. The van der Waals surface area contributed by atoms with Crippen molar-refractivity contribution >= 4 is 23.4 Å². The number of amides is 2. The molecule has 1 fully saturated rings. The number of allylic oxidation sites excluding steroid dienone is 2. The van der Waals surface area contributed by atoms with E-state index in [2.05, 4.69) is 5.32 Å². The predicted octanol–water partition coefficient (Wildman–Crippen LogP) is 4.49. The molecule has 32 heavy (non-hydrogen) atoms. The van der Waals surface area contributed by atoms with Crippen LogP contribution >= 0.6 is 11.6 Å². The third kappa shape index (κ3) is 5.07. The van der Waals surface area contributed by atoms with Gasteiger partial charge in [-0.05, 0) is 50.8 Å². The van der Waals surface area contributed by atoms with Crippen molar-refractivity contribution in [3.8, 4) is 0 Å². The fourth-order valence-corrected chi connectivity index (χ4v) is 4.70. The zero-order valence-corrected chi connectivity index (χ0v) is 19.9. The Morgan fingerprint density at radius 2 is 2.00 bits per heavy atom. The van der Waals surface area contributed by atoms with Crippen molar-refractivity contribution in [2.75, 3.05) is 13.1 Å². The zero-order valence-electron chi connectivity index (χ0n) is 19.2. The van der Waals surface area contributed by atoms with Crippen molar-refractivity contribution in [2.24, 2.45) is 5.41 Å². The summed E-state index contributed by atoms with van der Waals surface area (Å²) >= 11 is 5.94. The lowest BCUT2D eigenvalue weighted by molar-refractivity contribution is -0.154. The van der Waals surface area contributed by atoms with E-state index in [1.165, 1.54) is 12.1 Å². The molecule has 0 spiro atoms. The standard InChI is InChI=1S/C25H32ClFN2O3/c1-23(2)16-29(13-12-25(23,32)18-10-11-20(27)19(26)14-18)21(30)15-24(3,4)28-22(31)17-8-6-5-7-9-17/h6,8-11,14,32H,5,7,12-13,15-16H2,1-4H3,(H,28,31). The molecule has 0 aromatic heterocycles. The quantitative estimate of drug-likeness (QED) is 0.677. The van der Waals surface area contributed by atoms with Crippen LogP contribution < -0.4 is 5.32 Å². The summed E-state index contributed by atoms with van der Waals surface area (Å²) in [6.07, 6.45) is 7.90. The number of nitrogens with zero attached hydrogens (tertiary/aromatic N) is 1. The lowest BCUT2D eigenvalue weighted by Crippen LogP contribution is -2.58. The van der Waals surface area contributed by atoms with Crippen LogP contribution in [0.3, 0.4) is 0 Å². The Balaban J connectivity index is 1.67. The smallest absolute Gasteiger partial charge is 0.251 e. The first-order valence-corrected chi connectivity index (χ1v) is 11.4. The van der Waals surface area contributed by atoms with Gasteiger partial charge in [0, 0.05) is 36.0 Å². The minimum absolute atomic E-state index is 0.0364. The molecular formula is C25H32ClFN2O3. The van der Waals surface area contributed by atoms with Gasteiger partial charge >= 0.3 is 0 Å². The highest BCUT2D eigenvalue weighted by atomic mass is 35.5. The molecule has 1 saturated heterocycles. The number of carbonyl (C=O) groups excluding carboxylic acids is 2.